The minimum absolute atomic E-state index is 0.0790. The van der Waals surface area contributed by atoms with Gasteiger partial charge >= 0.3 is 5.97 Å². The number of aromatic nitrogens is 2. The molecule has 2 aromatic rings. The van der Waals surface area contributed by atoms with Crippen LogP contribution in [0, 0.1) is 11.8 Å². The van der Waals surface area contributed by atoms with E-state index in [-0.39, 0.29) is 23.8 Å². The number of benzene rings is 1. The Morgan fingerprint density at radius 1 is 1.21 bits per heavy atom. The highest BCUT2D eigenvalue weighted by molar-refractivity contribution is 5.91. The number of amides is 1. The van der Waals surface area contributed by atoms with Crippen LogP contribution in [0.1, 0.15) is 33.8 Å². The number of ether oxygens (including phenoxy) is 2. The SMILES string of the molecule is COC(=O)c1cccc(O[C@@H]2C[C@@H]3CN(C(=O)c4nccn4C)C[C@@H]3C[C@H]2O)c1. The van der Waals surface area contributed by atoms with Gasteiger partial charge in [0.25, 0.3) is 5.91 Å². The summed E-state index contributed by atoms with van der Waals surface area (Å²) < 4.78 is 12.5. The summed E-state index contributed by atoms with van der Waals surface area (Å²) in [5.74, 6) is 0.946. The lowest BCUT2D eigenvalue weighted by Crippen LogP contribution is -2.42. The van der Waals surface area contributed by atoms with Crippen molar-refractivity contribution in [2.45, 2.75) is 25.0 Å². The van der Waals surface area contributed by atoms with E-state index in [0.717, 1.165) is 0 Å². The van der Waals surface area contributed by atoms with Crippen LogP contribution in [0.3, 0.4) is 0 Å². The Hall–Kier alpha value is -2.87. The van der Waals surface area contributed by atoms with Crippen LogP contribution >= 0.6 is 0 Å². The van der Waals surface area contributed by atoms with Crippen LogP contribution < -0.4 is 4.74 Å². The largest absolute Gasteiger partial charge is 0.488 e. The molecule has 1 amide bonds. The molecule has 2 fully saturated rings. The lowest BCUT2D eigenvalue weighted by atomic mass is 9.78. The van der Waals surface area contributed by atoms with Crippen molar-refractivity contribution < 1.29 is 24.2 Å². The predicted octanol–water partition coefficient (Wildman–Crippen LogP) is 1.50. The third-order valence-electron chi connectivity index (χ3n) is 5.93. The fourth-order valence-corrected chi connectivity index (χ4v) is 4.38. The number of carbonyl (C=O) groups excluding carboxylic acids is 2. The molecule has 1 aromatic heterocycles. The number of methoxy groups -OCH3 is 1. The van der Waals surface area contributed by atoms with Gasteiger partial charge in [0.2, 0.25) is 0 Å². The highest BCUT2D eigenvalue weighted by Gasteiger charge is 2.44. The first-order valence-corrected chi connectivity index (χ1v) is 9.76. The molecule has 1 aliphatic heterocycles. The Morgan fingerprint density at radius 3 is 2.66 bits per heavy atom. The molecule has 1 aromatic carbocycles. The summed E-state index contributed by atoms with van der Waals surface area (Å²) in [6.45, 7) is 1.25. The predicted molar refractivity (Wildman–Crippen MR) is 104 cm³/mol. The lowest BCUT2D eigenvalue weighted by molar-refractivity contribution is -0.0231. The van der Waals surface area contributed by atoms with Crippen molar-refractivity contribution in [2.24, 2.45) is 18.9 Å². The summed E-state index contributed by atoms with van der Waals surface area (Å²) in [5, 5.41) is 10.6. The van der Waals surface area contributed by atoms with Crippen molar-refractivity contribution in [3.05, 3.63) is 48.0 Å². The van der Waals surface area contributed by atoms with E-state index in [9.17, 15) is 14.7 Å². The van der Waals surface area contributed by atoms with Gasteiger partial charge in [-0.15, -0.1) is 0 Å². The second kappa shape index (κ2) is 7.87. The molecule has 1 N–H and O–H groups in total. The van der Waals surface area contributed by atoms with Gasteiger partial charge in [-0.2, -0.15) is 0 Å². The van der Waals surface area contributed by atoms with Gasteiger partial charge in [0, 0.05) is 32.5 Å². The molecule has 0 spiro atoms. The minimum atomic E-state index is -0.624. The zero-order chi connectivity index (χ0) is 20.5. The number of rotatable bonds is 4. The Morgan fingerprint density at radius 2 is 1.97 bits per heavy atom. The van der Waals surface area contributed by atoms with Crippen molar-refractivity contribution in [3.63, 3.8) is 0 Å². The number of aryl methyl sites for hydroxylation is 1. The van der Waals surface area contributed by atoms with E-state index in [1.165, 1.54) is 7.11 Å². The van der Waals surface area contributed by atoms with Gasteiger partial charge in [-0.3, -0.25) is 4.79 Å². The zero-order valence-corrected chi connectivity index (χ0v) is 16.5. The fraction of sp³-hybridized carbons (Fsp3) is 0.476. The standard InChI is InChI=1S/C21H25N3O5/c1-23-7-6-22-19(23)20(26)24-11-14-9-17(25)18(10-15(14)12-24)29-16-5-3-4-13(8-16)21(27)28-2/h3-8,14-15,17-18,25H,9-12H2,1-2H3/t14-,15+,17+,18+/m0/s1. The van der Waals surface area contributed by atoms with Crippen molar-refractivity contribution in [1.82, 2.24) is 14.5 Å². The third-order valence-corrected chi connectivity index (χ3v) is 5.93. The summed E-state index contributed by atoms with van der Waals surface area (Å²) in [5.41, 5.74) is 0.404. The Labute approximate surface area is 169 Å². The van der Waals surface area contributed by atoms with Crippen molar-refractivity contribution in [3.8, 4) is 5.75 Å². The molecule has 2 aliphatic rings. The highest BCUT2D eigenvalue weighted by Crippen LogP contribution is 2.38. The number of hydrogen-bond donors (Lipinski definition) is 1. The van der Waals surface area contributed by atoms with Crippen molar-refractivity contribution in [2.75, 3.05) is 20.2 Å². The number of hydrogen-bond acceptors (Lipinski definition) is 6. The third kappa shape index (κ3) is 3.85. The number of aliphatic hydroxyl groups is 1. The monoisotopic (exact) mass is 399 g/mol. The highest BCUT2D eigenvalue weighted by atomic mass is 16.5. The molecule has 4 rings (SSSR count). The molecule has 29 heavy (non-hydrogen) atoms. The van der Waals surface area contributed by atoms with E-state index in [1.54, 1.807) is 48.3 Å². The fourth-order valence-electron chi connectivity index (χ4n) is 4.38. The van der Waals surface area contributed by atoms with Crippen LogP contribution in [0.5, 0.6) is 5.75 Å². The average Bonchev–Trinajstić information content (AvgIpc) is 3.33. The molecule has 0 radical (unpaired) electrons. The van der Waals surface area contributed by atoms with Crippen LogP contribution in [-0.2, 0) is 11.8 Å². The van der Waals surface area contributed by atoms with Gasteiger partial charge in [0.05, 0.1) is 18.8 Å². The second-order valence-electron chi connectivity index (χ2n) is 7.81. The van der Waals surface area contributed by atoms with Gasteiger partial charge < -0.3 is 24.0 Å². The second-order valence-corrected chi connectivity index (χ2v) is 7.81. The first-order chi connectivity index (χ1) is 14.0. The average molecular weight is 399 g/mol. The van der Waals surface area contributed by atoms with E-state index in [4.69, 9.17) is 9.47 Å². The summed E-state index contributed by atoms with van der Waals surface area (Å²) in [4.78, 5) is 30.5. The summed E-state index contributed by atoms with van der Waals surface area (Å²) in [6.07, 6.45) is 3.60. The van der Waals surface area contributed by atoms with E-state index in [1.807, 2.05) is 4.90 Å². The molecular weight excluding hydrogens is 374 g/mol. The molecule has 2 heterocycles. The molecule has 0 unspecified atom stereocenters. The molecule has 4 atom stereocenters. The molecule has 1 saturated carbocycles. The number of imidazole rings is 1. The molecule has 8 nitrogen and oxygen atoms in total. The maximum atomic E-state index is 12.8. The van der Waals surface area contributed by atoms with Crippen molar-refractivity contribution >= 4 is 11.9 Å². The summed E-state index contributed by atoms with van der Waals surface area (Å²) >= 11 is 0. The number of nitrogens with zero attached hydrogens (tertiary/aromatic N) is 3. The van der Waals surface area contributed by atoms with Gasteiger partial charge in [-0.25, -0.2) is 9.78 Å². The number of aliphatic hydroxyl groups excluding tert-OH is 1. The maximum Gasteiger partial charge on any atom is 0.337 e. The van der Waals surface area contributed by atoms with E-state index < -0.39 is 12.1 Å². The molecule has 1 aliphatic carbocycles. The number of esters is 1. The van der Waals surface area contributed by atoms with E-state index in [0.29, 0.717) is 43.1 Å². The Balaban J connectivity index is 1.43. The number of fused-ring (bicyclic) bond motifs is 1. The summed E-state index contributed by atoms with van der Waals surface area (Å²) in [6, 6.07) is 6.76. The molecular formula is C21H25N3O5. The lowest BCUT2D eigenvalue weighted by Gasteiger charge is -2.35. The quantitative estimate of drug-likeness (QED) is 0.783. The first kappa shape index (κ1) is 19.4. The van der Waals surface area contributed by atoms with Crippen LogP contribution in [0.2, 0.25) is 0 Å². The van der Waals surface area contributed by atoms with Crippen LogP contribution in [0.4, 0.5) is 0 Å². The van der Waals surface area contributed by atoms with E-state index in [2.05, 4.69) is 4.98 Å². The van der Waals surface area contributed by atoms with Gasteiger partial charge in [0.1, 0.15) is 11.9 Å². The van der Waals surface area contributed by atoms with Crippen molar-refractivity contribution in [1.29, 1.82) is 0 Å². The van der Waals surface area contributed by atoms with E-state index >= 15 is 0 Å². The molecule has 154 valence electrons. The van der Waals surface area contributed by atoms with Crippen LogP contribution in [0.15, 0.2) is 36.7 Å². The summed E-state index contributed by atoms with van der Waals surface area (Å²) in [7, 11) is 3.14. The Bertz CT molecular complexity index is 911. The topological polar surface area (TPSA) is 93.9 Å². The van der Waals surface area contributed by atoms with Crippen LogP contribution in [-0.4, -0.2) is 63.8 Å². The maximum absolute atomic E-state index is 12.8. The smallest absolute Gasteiger partial charge is 0.337 e. The van der Waals surface area contributed by atoms with Gasteiger partial charge in [-0.1, -0.05) is 6.07 Å². The minimum Gasteiger partial charge on any atom is -0.488 e. The Kier molecular flexibility index (Phi) is 5.27. The molecule has 8 heteroatoms. The molecule has 1 saturated heterocycles. The molecule has 0 bridgehead atoms. The normalized spacial score (nSPS) is 26.1. The number of likely N-dealkylation sites (tertiary alicyclic amines) is 1. The van der Waals surface area contributed by atoms with Gasteiger partial charge in [-0.05, 0) is 42.9 Å². The zero-order valence-electron chi connectivity index (χ0n) is 16.5. The van der Waals surface area contributed by atoms with Gasteiger partial charge in [0.15, 0.2) is 5.82 Å². The van der Waals surface area contributed by atoms with Crippen LogP contribution in [0.25, 0.3) is 0 Å². The first-order valence-electron chi connectivity index (χ1n) is 9.76. The number of carbonyl (C=O) groups is 2.